The molecule has 1 saturated heterocycles. The average molecular weight is 1630 g/mol. The molecule has 15 rings (SSSR count). The van der Waals surface area contributed by atoms with Gasteiger partial charge in [-0.15, -0.1) is 0 Å². The van der Waals surface area contributed by atoms with Crippen molar-refractivity contribution in [2.45, 2.75) is 161 Å². The van der Waals surface area contributed by atoms with Crippen molar-refractivity contribution >= 4 is 173 Å². The summed E-state index contributed by atoms with van der Waals surface area (Å²) in [6, 6.07) is 7.08. The molecule has 9 aromatic rings. The number of fused-ring (bicyclic) bond motifs is 4. The number of amides is 2. The topological polar surface area (TPSA) is 356 Å². The summed E-state index contributed by atoms with van der Waals surface area (Å²) < 4.78 is 111. The highest BCUT2D eigenvalue weighted by atomic mass is 79.9. The number of anilines is 2. The van der Waals surface area contributed by atoms with Gasteiger partial charge in [-0.2, -0.15) is 27.6 Å². The molecule has 0 unspecified atom stereocenters. The Labute approximate surface area is 595 Å². The lowest BCUT2D eigenvalue weighted by Crippen LogP contribution is -2.41. The van der Waals surface area contributed by atoms with E-state index >= 15 is 0 Å². The van der Waals surface area contributed by atoms with E-state index < -0.39 is 46.2 Å². The predicted octanol–water partition coefficient (Wildman–Crippen LogP) is 11.2. The van der Waals surface area contributed by atoms with E-state index in [0.717, 1.165) is 98.1 Å². The number of hydrogen-bond acceptors (Lipinski definition) is 22. The normalized spacial score (nSPS) is 16.3. The number of nitrogens with zero attached hydrogens (tertiary/aromatic N) is 13. The van der Waals surface area contributed by atoms with Gasteiger partial charge in [-0.3, -0.25) is 34.5 Å². The van der Waals surface area contributed by atoms with Crippen LogP contribution in [-0.4, -0.2) is 148 Å². The third-order valence-corrected chi connectivity index (χ3v) is 25.4. The Morgan fingerprint density at radius 1 is 0.577 bits per heavy atom. The molecule has 4 saturated carbocycles. The minimum Gasteiger partial charge on any atom is -0.399 e. The van der Waals surface area contributed by atoms with Crippen molar-refractivity contribution in [3.63, 3.8) is 0 Å². The van der Waals surface area contributed by atoms with E-state index in [1.54, 1.807) is 67.8 Å². The molecule has 0 spiro atoms. The smallest absolute Gasteiger partial charge is 0.399 e. The Balaban J connectivity index is 0.000000189. The fraction of sp³-hybridized carbons (Fsp3) is 0.410. The lowest BCUT2D eigenvalue weighted by Gasteiger charge is -2.32. The van der Waals surface area contributed by atoms with Crippen LogP contribution < -0.4 is 16.1 Å². The van der Waals surface area contributed by atoms with Crippen molar-refractivity contribution in [2.75, 3.05) is 10.6 Å². The van der Waals surface area contributed by atoms with Crippen LogP contribution >= 0.6 is 58.5 Å². The fourth-order valence-corrected chi connectivity index (χ4v) is 16.3. The van der Waals surface area contributed by atoms with Gasteiger partial charge in [0.15, 0.2) is 0 Å². The molecule has 97 heavy (non-hydrogen) atoms. The first-order chi connectivity index (χ1) is 43.8. The molecule has 2 N–H and O–H groups in total. The van der Waals surface area contributed by atoms with Crippen LogP contribution in [0.2, 0.25) is 0 Å². The van der Waals surface area contributed by atoms with Crippen LogP contribution in [0.3, 0.4) is 0 Å². The maximum atomic E-state index is 12.5. The lowest BCUT2D eigenvalue weighted by molar-refractivity contribution is -0.115. The molecular weight excluding hydrogens is 1550 g/mol. The van der Waals surface area contributed by atoms with Gasteiger partial charge in [0.25, 0.3) is 30.1 Å². The second kappa shape index (κ2) is 31.7. The molecule has 2 aliphatic heterocycles. The molecule has 9 aromatic heterocycles. The van der Waals surface area contributed by atoms with Crippen molar-refractivity contribution in [2.24, 2.45) is 4.99 Å². The Bertz CT molecular complexity index is 4830. The van der Waals surface area contributed by atoms with E-state index in [-0.39, 0.29) is 73.7 Å². The highest BCUT2D eigenvalue weighted by Crippen LogP contribution is 2.38. The van der Waals surface area contributed by atoms with E-state index in [2.05, 4.69) is 109 Å². The first-order valence-electron chi connectivity index (χ1n) is 28.8. The number of rotatable bonds is 11. The number of aromatic nitrogens is 12. The molecule has 0 bridgehead atoms. The van der Waals surface area contributed by atoms with E-state index in [9.17, 15) is 43.3 Å². The number of hydrogen-bond donors (Lipinski definition) is 2. The fourth-order valence-electron chi connectivity index (χ4n) is 9.00. The predicted molar refractivity (Wildman–Crippen MR) is 390 cm³/mol. The first-order valence-corrected chi connectivity index (χ1v) is 38.0. The van der Waals surface area contributed by atoms with Crippen LogP contribution in [0.1, 0.15) is 134 Å². The molecule has 522 valence electrons. The molecular formula is C61H76BBr3ClN15O12S4. The second-order valence-electron chi connectivity index (χ2n) is 23.1. The van der Waals surface area contributed by atoms with Gasteiger partial charge < -0.3 is 19.9 Å². The number of nitrogens with one attached hydrogen (secondary N) is 2. The average Bonchev–Trinajstić information content (AvgIpc) is 1.66. The molecule has 36 heteroatoms. The summed E-state index contributed by atoms with van der Waals surface area (Å²) >= 11 is 10.0. The van der Waals surface area contributed by atoms with Gasteiger partial charge in [-0.25, -0.2) is 43.6 Å². The van der Waals surface area contributed by atoms with Crippen LogP contribution in [-0.2, 0) is 64.6 Å². The standard InChI is InChI=1S/C16H15N5O3S.C13H19BN2O3.2C9H8BrN3O2S.C7H5BrN2.C3H5ClO2S.4CH4/c1-10(22)20-16-6-11(4-5-18-16)13-7-17-9-15-14(13)8-19-21(15)25(23,24)12-2-3-12;1-9(17)16-11-8-10(6-7-15-11)14-18-12(2,3)13(4,5)19-14;10-8-3-11-4-9-7(8)5-13(12-9)16(14,15)6-1-2-6;10-8-4-11-5-9-7(8)3-12-13(9)16(14,15)6-1-2-6;8-7-4-10-2-5-1-9-3-6(5)7;4-7(5,6)3-1-2-3;;;;/h4-9,12H,2-3H2,1H3,(H,18,20,22);6-8H,1-5H3,(H,15,16,17);2*3-6H,1-2H2;2-4H,1H2;3H,1-2H2;4*1H4. The summed E-state index contributed by atoms with van der Waals surface area (Å²) in [7, 11) is -8.78. The summed E-state index contributed by atoms with van der Waals surface area (Å²) in [5.41, 5.74) is 5.51. The lowest BCUT2D eigenvalue weighted by atomic mass is 9.80. The van der Waals surface area contributed by atoms with Gasteiger partial charge in [0.2, 0.25) is 20.9 Å². The first kappa shape index (κ1) is 79.4. The third-order valence-electron chi connectivity index (χ3n) is 15.2. The van der Waals surface area contributed by atoms with Gasteiger partial charge in [0.05, 0.1) is 75.9 Å². The molecule has 5 fully saturated rings. The summed E-state index contributed by atoms with van der Waals surface area (Å²) in [6.07, 6.45) is 28.6. The van der Waals surface area contributed by atoms with E-state index in [0.29, 0.717) is 46.4 Å². The van der Waals surface area contributed by atoms with Crippen molar-refractivity contribution in [1.82, 2.24) is 57.5 Å². The van der Waals surface area contributed by atoms with E-state index in [4.69, 9.17) is 20.0 Å². The molecule has 0 atom stereocenters. The zero-order valence-electron chi connectivity index (χ0n) is 50.5. The van der Waals surface area contributed by atoms with Crippen molar-refractivity contribution in [3.05, 3.63) is 129 Å². The highest BCUT2D eigenvalue weighted by molar-refractivity contribution is 9.11. The van der Waals surface area contributed by atoms with Gasteiger partial charge in [0, 0.05) is 120 Å². The van der Waals surface area contributed by atoms with Crippen LogP contribution in [0.5, 0.6) is 0 Å². The Kier molecular flexibility index (Phi) is 26.0. The Morgan fingerprint density at radius 3 is 1.55 bits per heavy atom. The largest absolute Gasteiger partial charge is 0.495 e. The van der Waals surface area contributed by atoms with Crippen LogP contribution in [0, 0.1) is 0 Å². The van der Waals surface area contributed by atoms with Gasteiger partial charge in [-0.05, 0) is 162 Å². The number of pyridine rings is 6. The number of carbonyl (C=O) groups is 2. The van der Waals surface area contributed by atoms with Gasteiger partial charge in [0.1, 0.15) is 28.2 Å². The maximum absolute atomic E-state index is 12.5. The summed E-state index contributed by atoms with van der Waals surface area (Å²) in [5.74, 6) is 0.544. The molecule has 0 radical (unpaired) electrons. The zero-order chi connectivity index (χ0) is 67.0. The Morgan fingerprint density at radius 2 is 1.04 bits per heavy atom. The summed E-state index contributed by atoms with van der Waals surface area (Å²) in [5, 5.41) is 18.5. The minimum absolute atomic E-state index is 0. The summed E-state index contributed by atoms with van der Waals surface area (Å²) in [4.78, 5) is 50.7. The number of carbonyl (C=O) groups excluding carboxylic acids is 2. The molecule has 6 aliphatic rings. The number of aliphatic imine (C=N–C) groups is 1. The molecule has 4 aliphatic carbocycles. The van der Waals surface area contributed by atoms with Gasteiger partial charge >= 0.3 is 7.12 Å². The van der Waals surface area contributed by atoms with E-state index in [1.807, 2.05) is 46.2 Å². The minimum atomic E-state index is -3.48. The monoisotopic (exact) mass is 1620 g/mol. The van der Waals surface area contributed by atoms with Gasteiger partial charge in [-0.1, -0.05) is 29.7 Å². The van der Waals surface area contributed by atoms with Crippen LogP contribution in [0.25, 0.3) is 43.8 Å². The van der Waals surface area contributed by atoms with Crippen molar-refractivity contribution in [3.8, 4) is 11.1 Å². The van der Waals surface area contributed by atoms with Crippen LogP contribution in [0.4, 0.5) is 11.6 Å². The maximum Gasteiger partial charge on any atom is 0.495 e. The van der Waals surface area contributed by atoms with Crippen LogP contribution in [0.15, 0.2) is 123 Å². The second-order valence-corrected chi connectivity index (χ2v) is 34.8. The third kappa shape index (κ3) is 18.9. The van der Waals surface area contributed by atoms with Crippen molar-refractivity contribution in [1.29, 1.82) is 0 Å². The quantitative estimate of drug-likeness (QED) is 0.0897. The molecule has 11 heterocycles. The zero-order valence-corrected chi connectivity index (χ0v) is 59.3. The number of halogens is 4. The van der Waals surface area contributed by atoms with E-state index in [1.165, 1.54) is 49.8 Å². The SMILES string of the molecule is Brc1cncc2c1C=NC2.C.C.C.C.CC(=O)Nc1cc(-c2cncc3c2cnn3S(=O)(=O)C2CC2)ccn1.CC(=O)Nc1cc(B2OC(C)(C)C(C)(C)O2)ccn1.O=S(=O)(C1CC1)n1cc2c(Br)cncc2n1.O=S(=O)(C1CC1)n1ncc2c(Br)cncc21.O=S(=O)(Cl)C1CC1. The van der Waals surface area contributed by atoms with Crippen molar-refractivity contribution < 1.29 is 52.6 Å². The Hall–Kier alpha value is -6.57. The molecule has 0 aromatic carbocycles. The molecule has 27 nitrogen and oxygen atoms in total. The molecule has 2 amide bonds. The summed E-state index contributed by atoms with van der Waals surface area (Å²) in [6.45, 7) is 11.6. The highest BCUT2D eigenvalue weighted by Gasteiger charge is 2.52.